The van der Waals surface area contributed by atoms with Crippen LogP contribution >= 0.6 is 22.9 Å². The van der Waals surface area contributed by atoms with Gasteiger partial charge in [-0.15, -0.1) is 11.3 Å². The number of benzene rings is 1. The maximum atomic E-state index is 13.0. The van der Waals surface area contributed by atoms with Gasteiger partial charge >= 0.3 is 0 Å². The van der Waals surface area contributed by atoms with Crippen LogP contribution in [0.4, 0.5) is 0 Å². The number of aryl methyl sites for hydroxylation is 1. The van der Waals surface area contributed by atoms with E-state index in [0.717, 1.165) is 41.5 Å². The van der Waals surface area contributed by atoms with Crippen molar-refractivity contribution in [1.82, 2.24) is 14.8 Å². The Bertz CT molecular complexity index is 1040. The maximum Gasteiger partial charge on any atom is 0.263 e. The highest BCUT2D eigenvalue weighted by molar-refractivity contribution is 7.21. The molecular weight excluding hydrogens is 406 g/mol. The van der Waals surface area contributed by atoms with E-state index in [-0.39, 0.29) is 24.4 Å². The lowest BCUT2D eigenvalue weighted by Crippen LogP contribution is -2.42. The molecule has 29 heavy (non-hydrogen) atoms. The van der Waals surface area contributed by atoms with Crippen molar-refractivity contribution in [3.8, 4) is 0 Å². The van der Waals surface area contributed by atoms with E-state index in [4.69, 9.17) is 11.6 Å². The topological polar surface area (TPSA) is 54.3 Å². The molecule has 3 aromatic rings. The second-order valence-electron chi connectivity index (χ2n) is 7.42. The highest BCUT2D eigenvalue weighted by Gasteiger charge is 2.28. The maximum absolute atomic E-state index is 13.0. The Morgan fingerprint density at radius 1 is 1.17 bits per heavy atom. The summed E-state index contributed by atoms with van der Waals surface area (Å²) in [4.78, 5) is 28.1. The second-order valence-corrected chi connectivity index (χ2v) is 8.85. The molecule has 1 aliphatic rings. The third-order valence-electron chi connectivity index (χ3n) is 5.54. The number of nitrogens with zero attached hydrogens (tertiary/aromatic N) is 2. The Hall–Kier alpha value is -2.31. The largest absolute Gasteiger partial charge is 0.353 e. The Kier molecular flexibility index (Phi) is 5.92. The van der Waals surface area contributed by atoms with Crippen molar-refractivity contribution in [2.45, 2.75) is 31.7 Å². The SMILES string of the molecule is Cn1cccc1C1CCCCCN1C(=O)CNC(=O)c1sc2ccccc2c1Cl. The first-order valence-corrected chi connectivity index (χ1v) is 11.1. The van der Waals surface area contributed by atoms with Crippen molar-refractivity contribution in [2.24, 2.45) is 7.05 Å². The molecule has 5 nitrogen and oxygen atoms in total. The molecular formula is C22H24ClN3O2S. The molecule has 1 N–H and O–H groups in total. The molecule has 1 atom stereocenters. The first-order valence-electron chi connectivity index (χ1n) is 9.92. The highest BCUT2D eigenvalue weighted by atomic mass is 35.5. The molecule has 7 heteroatoms. The lowest BCUT2D eigenvalue weighted by molar-refractivity contribution is -0.132. The standard InChI is InChI=1S/C22H24ClN3O2S/c1-25-12-7-10-16(25)17-9-3-2-6-13-26(17)19(27)14-24-22(28)21-20(23)15-8-4-5-11-18(15)29-21/h4-5,7-8,10-12,17H,2-3,6,9,13-14H2,1H3,(H,24,28). The Labute approximate surface area is 179 Å². The van der Waals surface area contributed by atoms with E-state index in [1.54, 1.807) is 0 Å². The van der Waals surface area contributed by atoms with Crippen molar-refractivity contribution in [3.63, 3.8) is 0 Å². The lowest BCUT2D eigenvalue weighted by atomic mass is 10.1. The first kappa shape index (κ1) is 20.0. The summed E-state index contributed by atoms with van der Waals surface area (Å²) in [6, 6.07) is 11.8. The highest BCUT2D eigenvalue weighted by Crippen LogP contribution is 2.35. The minimum absolute atomic E-state index is 0.0235. The Morgan fingerprint density at radius 3 is 2.76 bits per heavy atom. The molecule has 1 unspecified atom stereocenters. The van der Waals surface area contributed by atoms with Gasteiger partial charge in [-0.25, -0.2) is 0 Å². The summed E-state index contributed by atoms with van der Waals surface area (Å²) >= 11 is 7.75. The zero-order valence-corrected chi connectivity index (χ0v) is 17.9. The van der Waals surface area contributed by atoms with E-state index < -0.39 is 0 Å². The third kappa shape index (κ3) is 4.05. The molecule has 2 aromatic heterocycles. The minimum atomic E-state index is -0.296. The monoisotopic (exact) mass is 429 g/mol. The fourth-order valence-electron chi connectivity index (χ4n) is 4.03. The van der Waals surface area contributed by atoms with Crippen LogP contribution in [0.5, 0.6) is 0 Å². The van der Waals surface area contributed by atoms with Crippen LogP contribution in [-0.2, 0) is 11.8 Å². The van der Waals surface area contributed by atoms with Crippen LogP contribution in [0, 0.1) is 0 Å². The quantitative estimate of drug-likeness (QED) is 0.649. The van der Waals surface area contributed by atoms with Crippen LogP contribution < -0.4 is 5.32 Å². The number of fused-ring (bicyclic) bond motifs is 1. The van der Waals surface area contributed by atoms with E-state index >= 15 is 0 Å². The van der Waals surface area contributed by atoms with Gasteiger partial charge in [0, 0.05) is 35.6 Å². The number of hydrogen-bond acceptors (Lipinski definition) is 3. The van der Waals surface area contributed by atoms with Gasteiger partial charge in [-0.05, 0) is 31.0 Å². The number of likely N-dealkylation sites (tertiary alicyclic amines) is 1. The van der Waals surface area contributed by atoms with Gasteiger partial charge < -0.3 is 14.8 Å². The molecule has 1 fully saturated rings. The van der Waals surface area contributed by atoms with Gasteiger partial charge in [-0.1, -0.05) is 42.6 Å². The van der Waals surface area contributed by atoms with Crippen LogP contribution in [0.25, 0.3) is 10.1 Å². The van der Waals surface area contributed by atoms with Crippen LogP contribution in [0.3, 0.4) is 0 Å². The van der Waals surface area contributed by atoms with E-state index in [1.165, 1.54) is 11.3 Å². The summed E-state index contributed by atoms with van der Waals surface area (Å²) in [5.41, 5.74) is 1.14. The second kappa shape index (κ2) is 8.59. The molecule has 1 saturated heterocycles. The Morgan fingerprint density at radius 2 is 2.00 bits per heavy atom. The average Bonchev–Trinajstić information content (AvgIpc) is 3.20. The van der Waals surface area contributed by atoms with Gasteiger partial charge in [-0.3, -0.25) is 9.59 Å². The van der Waals surface area contributed by atoms with E-state index in [0.29, 0.717) is 16.4 Å². The van der Waals surface area contributed by atoms with Gasteiger partial charge in [-0.2, -0.15) is 0 Å². The molecule has 0 radical (unpaired) electrons. The van der Waals surface area contributed by atoms with Gasteiger partial charge in [0.2, 0.25) is 5.91 Å². The number of hydrogen-bond donors (Lipinski definition) is 1. The predicted octanol–water partition coefficient (Wildman–Crippen LogP) is 4.77. The van der Waals surface area contributed by atoms with E-state index in [1.807, 2.05) is 48.5 Å². The van der Waals surface area contributed by atoms with E-state index in [9.17, 15) is 9.59 Å². The van der Waals surface area contributed by atoms with Crippen LogP contribution in [0.2, 0.25) is 5.02 Å². The van der Waals surface area contributed by atoms with Gasteiger partial charge in [0.15, 0.2) is 0 Å². The molecule has 0 bridgehead atoms. The number of halogens is 1. The summed E-state index contributed by atoms with van der Waals surface area (Å²) in [5, 5.41) is 4.11. The molecule has 0 aliphatic carbocycles. The van der Waals surface area contributed by atoms with Crippen molar-refractivity contribution < 1.29 is 9.59 Å². The molecule has 0 spiro atoms. The first-order chi connectivity index (χ1) is 14.1. The third-order valence-corrected chi connectivity index (χ3v) is 7.21. The number of aromatic nitrogens is 1. The lowest BCUT2D eigenvalue weighted by Gasteiger charge is -2.30. The molecule has 0 saturated carbocycles. The summed E-state index contributed by atoms with van der Waals surface area (Å²) in [6.07, 6.45) is 6.16. The summed E-state index contributed by atoms with van der Waals surface area (Å²) < 4.78 is 3.04. The molecule has 1 aromatic carbocycles. The molecule has 4 rings (SSSR count). The van der Waals surface area contributed by atoms with Gasteiger partial charge in [0.25, 0.3) is 5.91 Å². The number of nitrogens with one attached hydrogen (secondary N) is 1. The summed E-state index contributed by atoms with van der Waals surface area (Å²) in [5.74, 6) is -0.349. The average molecular weight is 430 g/mol. The van der Waals surface area contributed by atoms with E-state index in [2.05, 4.69) is 16.0 Å². The van der Waals surface area contributed by atoms with Crippen molar-refractivity contribution in [1.29, 1.82) is 0 Å². The van der Waals surface area contributed by atoms with Crippen LogP contribution in [-0.4, -0.2) is 34.4 Å². The molecule has 1 aliphatic heterocycles. The smallest absolute Gasteiger partial charge is 0.263 e. The number of carbonyl (C=O) groups excluding carboxylic acids is 2. The van der Waals surface area contributed by atoms with Crippen LogP contribution in [0.15, 0.2) is 42.6 Å². The fourth-order valence-corrected chi connectivity index (χ4v) is 5.47. The van der Waals surface area contributed by atoms with Gasteiger partial charge in [0.05, 0.1) is 17.6 Å². The summed E-state index contributed by atoms with van der Waals surface area (Å²) in [7, 11) is 2.01. The van der Waals surface area contributed by atoms with Crippen molar-refractivity contribution >= 4 is 44.8 Å². The minimum Gasteiger partial charge on any atom is -0.353 e. The number of thiophene rings is 1. The van der Waals surface area contributed by atoms with Crippen LogP contribution in [0.1, 0.15) is 47.1 Å². The number of amides is 2. The zero-order valence-electron chi connectivity index (χ0n) is 16.4. The number of carbonyl (C=O) groups is 2. The van der Waals surface area contributed by atoms with Gasteiger partial charge in [0.1, 0.15) is 4.88 Å². The summed E-state index contributed by atoms with van der Waals surface area (Å²) in [6.45, 7) is 0.693. The predicted molar refractivity (Wildman–Crippen MR) is 118 cm³/mol. The van der Waals surface area contributed by atoms with Crippen molar-refractivity contribution in [3.05, 3.63) is 58.2 Å². The number of rotatable bonds is 4. The van der Waals surface area contributed by atoms with Crippen molar-refractivity contribution in [2.75, 3.05) is 13.1 Å². The molecule has 3 heterocycles. The Balaban J connectivity index is 1.48. The normalized spacial score (nSPS) is 17.3. The zero-order chi connectivity index (χ0) is 20.4. The molecule has 2 amide bonds. The molecule has 152 valence electrons. The fraction of sp³-hybridized carbons (Fsp3) is 0.364.